The lowest BCUT2D eigenvalue weighted by molar-refractivity contribution is -0.116. The number of carbonyl (C=O) groups excluding carboxylic acids is 1. The molecule has 0 atom stereocenters. The number of aromatic nitrogens is 1. The predicted molar refractivity (Wildman–Crippen MR) is 72.3 cm³/mol. The summed E-state index contributed by atoms with van der Waals surface area (Å²) >= 11 is 0. The molecule has 0 aliphatic heterocycles. The maximum atomic E-state index is 13.0. The van der Waals surface area contributed by atoms with Gasteiger partial charge in [-0.15, -0.1) is 0 Å². The van der Waals surface area contributed by atoms with E-state index in [0.717, 1.165) is 11.1 Å². The number of nitrogens with one attached hydrogen (secondary N) is 1. The van der Waals surface area contributed by atoms with E-state index in [1.165, 1.54) is 12.1 Å². The molecule has 0 radical (unpaired) electrons. The third-order valence-corrected chi connectivity index (χ3v) is 2.69. The molecule has 98 valence electrons. The molecular weight excluding hydrogens is 243 g/mol. The Hall–Kier alpha value is -2.23. The third-order valence-electron chi connectivity index (χ3n) is 2.69. The van der Waals surface area contributed by atoms with Crippen molar-refractivity contribution >= 4 is 11.6 Å². The van der Waals surface area contributed by atoms with Gasteiger partial charge in [0.2, 0.25) is 5.91 Å². The molecule has 1 aromatic carbocycles. The van der Waals surface area contributed by atoms with Crippen molar-refractivity contribution in [2.75, 3.05) is 5.32 Å². The Morgan fingerprint density at radius 3 is 2.89 bits per heavy atom. The van der Waals surface area contributed by atoms with Gasteiger partial charge in [0.05, 0.1) is 11.9 Å². The average molecular weight is 258 g/mol. The minimum Gasteiger partial charge on any atom is -0.325 e. The number of carbonyl (C=O) groups is 1. The summed E-state index contributed by atoms with van der Waals surface area (Å²) in [6.07, 6.45) is 4.16. The third kappa shape index (κ3) is 4.17. The van der Waals surface area contributed by atoms with E-state index in [-0.39, 0.29) is 11.7 Å². The average Bonchev–Trinajstić information content (AvgIpc) is 2.36. The Kier molecular flexibility index (Phi) is 4.23. The topological polar surface area (TPSA) is 42.0 Å². The van der Waals surface area contributed by atoms with Gasteiger partial charge >= 0.3 is 0 Å². The Bertz CT molecular complexity index is 584. The highest BCUT2D eigenvalue weighted by molar-refractivity contribution is 5.90. The number of anilines is 1. The Labute approximate surface area is 111 Å². The van der Waals surface area contributed by atoms with Crippen molar-refractivity contribution in [3.05, 3.63) is 59.7 Å². The van der Waals surface area contributed by atoms with Crippen molar-refractivity contribution in [2.24, 2.45) is 0 Å². The Balaban J connectivity index is 1.88. The van der Waals surface area contributed by atoms with Crippen molar-refractivity contribution in [2.45, 2.75) is 19.8 Å². The molecule has 4 heteroatoms. The van der Waals surface area contributed by atoms with Crippen molar-refractivity contribution < 1.29 is 9.18 Å². The van der Waals surface area contributed by atoms with E-state index in [4.69, 9.17) is 0 Å². The van der Waals surface area contributed by atoms with Crippen LogP contribution in [0, 0.1) is 12.7 Å². The minimum atomic E-state index is -0.277. The summed E-state index contributed by atoms with van der Waals surface area (Å²) < 4.78 is 13.0. The van der Waals surface area contributed by atoms with Gasteiger partial charge in [0.15, 0.2) is 0 Å². The maximum Gasteiger partial charge on any atom is 0.224 e. The highest BCUT2D eigenvalue weighted by Gasteiger charge is 2.04. The maximum absolute atomic E-state index is 13.0. The van der Waals surface area contributed by atoms with E-state index in [2.05, 4.69) is 10.3 Å². The van der Waals surface area contributed by atoms with Gasteiger partial charge in [0.1, 0.15) is 5.82 Å². The molecule has 0 spiro atoms. The minimum absolute atomic E-state index is 0.100. The van der Waals surface area contributed by atoms with Crippen molar-refractivity contribution in [3.8, 4) is 0 Å². The molecule has 0 unspecified atom stereocenters. The number of rotatable bonds is 4. The zero-order valence-electron chi connectivity index (χ0n) is 10.7. The van der Waals surface area contributed by atoms with E-state index < -0.39 is 0 Å². The molecule has 1 amide bonds. The summed E-state index contributed by atoms with van der Waals surface area (Å²) in [6, 6.07) is 8.15. The number of benzene rings is 1. The van der Waals surface area contributed by atoms with Crippen LogP contribution in [0.4, 0.5) is 10.1 Å². The summed E-state index contributed by atoms with van der Waals surface area (Å²) in [6.45, 7) is 1.91. The fourth-order valence-electron chi connectivity index (χ4n) is 1.80. The fraction of sp³-hybridized carbons (Fsp3) is 0.200. The Morgan fingerprint density at radius 1 is 1.32 bits per heavy atom. The molecule has 19 heavy (non-hydrogen) atoms. The molecule has 3 nitrogen and oxygen atoms in total. The molecular formula is C15H15FN2O. The molecule has 2 aromatic rings. The largest absolute Gasteiger partial charge is 0.325 e. The Morgan fingerprint density at radius 2 is 2.16 bits per heavy atom. The molecule has 0 saturated heterocycles. The number of pyridine rings is 1. The van der Waals surface area contributed by atoms with Crippen LogP contribution in [-0.4, -0.2) is 10.9 Å². The van der Waals surface area contributed by atoms with E-state index in [1.54, 1.807) is 18.5 Å². The molecule has 0 saturated carbocycles. The molecule has 2 rings (SSSR count). The second-order valence-corrected chi connectivity index (χ2v) is 4.43. The van der Waals surface area contributed by atoms with Gasteiger partial charge in [-0.3, -0.25) is 9.78 Å². The lowest BCUT2D eigenvalue weighted by Crippen LogP contribution is -2.12. The van der Waals surface area contributed by atoms with Crippen molar-refractivity contribution in [1.82, 2.24) is 4.98 Å². The first-order valence-corrected chi connectivity index (χ1v) is 6.09. The lowest BCUT2D eigenvalue weighted by atomic mass is 10.1. The summed E-state index contributed by atoms with van der Waals surface area (Å²) in [5.41, 5.74) is 2.49. The predicted octanol–water partition coefficient (Wildman–Crippen LogP) is 3.10. The van der Waals surface area contributed by atoms with Gasteiger partial charge < -0.3 is 5.32 Å². The highest BCUT2D eigenvalue weighted by atomic mass is 19.1. The number of hydrogen-bond donors (Lipinski definition) is 1. The number of hydrogen-bond acceptors (Lipinski definition) is 2. The van der Waals surface area contributed by atoms with Crippen LogP contribution in [0.1, 0.15) is 17.5 Å². The van der Waals surface area contributed by atoms with E-state index in [0.29, 0.717) is 18.5 Å². The van der Waals surface area contributed by atoms with E-state index in [9.17, 15) is 9.18 Å². The number of halogens is 1. The first-order valence-electron chi connectivity index (χ1n) is 6.09. The normalized spacial score (nSPS) is 10.2. The van der Waals surface area contributed by atoms with Crippen LogP contribution in [-0.2, 0) is 11.2 Å². The first kappa shape index (κ1) is 13.2. The first-order chi connectivity index (χ1) is 9.13. The molecule has 0 aliphatic carbocycles. The van der Waals surface area contributed by atoms with Crippen LogP contribution < -0.4 is 5.32 Å². The van der Waals surface area contributed by atoms with Gasteiger partial charge in [-0.2, -0.15) is 0 Å². The van der Waals surface area contributed by atoms with Crippen LogP contribution in [0.25, 0.3) is 0 Å². The number of amides is 1. The number of nitrogens with zero attached hydrogens (tertiary/aromatic N) is 1. The van der Waals surface area contributed by atoms with E-state index >= 15 is 0 Å². The summed E-state index contributed by atoms with van der Waals surface area (Å²) in [7, 11) is 0. The quantitative estimate of drug-likeness (QED) is 0.915. The smallest absolute Gasteiger partial charge is 0.224 e. The number of aryl methyl sites for hydroxylation is 2. The van der Waals surface area contributed by atoms with Crippen LogP contribution >= 0.6 is 0 Å². The standard InChI is InChI=1S/C15H15FN2O/c1-11-7-14(10-17-9-11)18-15(19)6-5-12-3-2-4-13(16)8-12/h2-4,7-10H,5-6H2,1H3,(H,18,19). The van der Waals surface area contributed by atoms with Crippen LogP contribution in [0.15, 0.2) is 42.7 Å². The van der Waals surface area contributed by atoms with Crippen molar-refractivity contribution in [3.63, 3.8) is 0 Å². The zero-order valence-corrected chi connectivity index (χ0v) is 10.7. The molecule has 0 fully saturated rings. The fourth-order valence-corrected chi connectivity index (χ4v) is 1.80. The zero-order chi connectivity index (χ0) is 13.7. The summed E-state index contributed by atoms with van der Waals surface area (Å²) in [5, 5.41) is 2.77. The van der Waals surface area contributed by atoms with Gasteiger partial charge in [-0.25, -0.2) is 4.39 Å². The molecule has 0 aliphatic rings. The second-order valence-electron chi connectivity index (χ2n) is 4.43. The summed E-state index contributed by atoms with van der Waals surface area (Å²) in [5.74, 6) is -0.377. The summed E-state index contributed by atoms with van der Waals surface area (Å²) in [4.78, 5) is 15.8. The SMILES string of the molecule is Cc1cncc(NC(=O)CCc2cccc(F)c2)c1. The van der Waals surface area contributed by atoms with Gasteiger partial charge in [0, 0.05) is 12.6 Å². The lowest BCUT2D eigenvalue weighted by Gasteiger charge is -2.05. The second kappa shape index (κ2) is 6.09. The molecule has 1 heterocycles. The molecule has 1 aromatic heterocycles. The van der Waals surface area contributed by atoms with E-state index in [1.807, 2.05) is 19.1 Å². The van der Waals surface area contributed by atoms with Crippen LogP contribution in [0.3, 0.4) is 0 Å². The molecule has 0 bridgehead atoms. The van der Waals surface area contributed by atoms with Crippen LogP contribution in [0.5, 0.6) is 0 Å². The monoisotopic (exact) mass is 258 g/mol. The van der Waals surface area contributed by atoms with Gasteiger partial charge in [0.25, 0.3) is 0 Å². The van der Waals surface area contributed by atoms with Crippen LogP contribution in [0.2, 0.25) is 0 Å². The van der Waals surface area contributed by atoms with Crippen molar-refractivity contribution in [1.29, 1.82) is 0 Å². The highest BCUT2D eigenvalue weighted by Crippen LogP contribution is 2.10. The van der Waals surface area contributed by atoms with Gasteiger partial charge in [-0.05, 0) is 42.7 Å². The molecule has 1 N–H and O–H groups in total. The van der Waals surface area contributed by atoms with Gasteiger partial charge in [-0.1, -0.05) is 12.1 Å².